The molecule has 0 aromatic heterocycles. The highest BCUT2D eigenvalue weighted by Gasteiger charge is 2.37. The highest BCUT2D eigenvalue weighted by Crippen LogP contribution is 2.29. The molecular weight excluding hydrogens is 154 g/mol. The second-order valence-corrected chi connectivity index (χ2v) is 2.84. The quantitative estimate of drug-likeness (QED) is 0.638. The maximum Gasteiger partial charge on any atom is 0.309 e. The van der Waals surface area contributed by atoms with Crippen molar-refractivity contribution in [1.82, 2.24) is 0 Å². The lowest BCUT2D eigenvalue weighted by molar-refractivity contribution is -0.147. The summed E-state index contributed by atoms with van der Waals surface area (Å²) in [5.41, 5.74) is 0. The molecule has 0 saturated heterocycles. The van der Waals surface area contributed by atoms with Gasteiger partial charge in [0.25, 0.3) is 0 Å². The molecule has 1 rings (SSSR count). The van der Waals surface area contributed by atoms with Crippen LogP contribution in [0.4, 0.5) is 8.78 Å². The third-order valence-corrected chi connectivity index (χ3v) is 2.04. The largest absolute Gasteiger partial charge is 0.481 e. The molecule has 2 nitrogen and oxygen atoms in total. The minimum atomic E-state index is -1.80. The van der Waals surface area contributed by atoms with Crippen molar-refractivity contribution in [3.05, 3.63) is 0 Å². The van der Waals surface area contributed by atoms with Gasteiger partial charge in [0.15, 0.2) is 0 Å². The zero-order chi connectivity index (χ0) is 8.43. The van der Waals surface area contributed by atoms with E-state index in [1.165, 1.54) is 0 Å². The number of rotatable bonds is 1. The van der Waals surface area contributed by atoms with E-state index in [2.05, 4.69) is 0 Å². The van der Waals surface area contributed by atoms with Crippen LogP contribution < -0.4 is 0 Å². The molecule has 0 aromatic carbocycles. The summed E-state index contributed by atoms with van der Waals surface area (Å²) in [6, 6.07) is 0. The van der Waals surface area contributed by atoms with E-state index >= 15 is 0 Å². The van der Waals surface area contributed by atoms with E-state index in [-0.39, 0.29) is 12.8 Å². The van der Waals surface area contributed by atoms with Gasteiger partial charge in [0.05, 0.1) is 5.92 Å². The van der Waals surface area contributed by atoms with Gasteiger partial charge in [-0.2, -0.15) is 0 Å². The molecule has 1 N–H and O–H groups in total. The topological polar surface area (TPSA) is 37.3 Å². The normalized spacial score (nSPS) is 38.5. The first-order valence-electron chi connectivity index (χ1n) is 3.64. The van der Waals surface area contributed by atoms with Gasteiger partial charge < -0.3 is 5.11 Å². The molecule has 0 radical (unpaired) electrons. The smallest absolute Gasteiger partial charge is 0.309 e. The lowest BCUT2D eigenvalue weighted by Gasteiger charge is -2.25. The number of carboxylic acid groups (broad SMARTS) is 1. The van der Waals surface area contributed by atoms with E-state index in [9.17, 15) is 13.6 Å². The van der Waals surface area contributed by atoms with Gasteiger partial charge in [-0.1, -0.05) is 0 Å². The van der Waals surface area contributed by atoms with Crippen molar-refractivity contribution in [2.24, 2.45) is 5.92 Å². The lowest BCUT2D eigenvalue weighted by Crippen LogP contribution is -2.36. The van der Waals surface area contributed by atoms with E-state index in [0.717, 1.165) is 0 Å². The summed E-state index contributed by atoms with van der Waals surface area (Å²) in [4.78, 5) is 10.3. The first-order valence-corrected chi connectivity index (χ1v) is 3.64. The van der Waals surface area contributed by atoms with Gasteiger partial charge in [-0.15, -0.1) is 0 Å². The number of hydrogen-bond donors (Lipinski definition) is 1. The number of carboxylic acids is 1. The molecule has 0 spiro atoms. The minimum absolute atomic E-state index is 0.158. The maximum atomic E-state index is 12.7. The number of halogens is 2. The zero-order valence-corrected chi connectivity index (χ0v) is 5.96. The average Bonchev–Trinajstić information content (AvgIpc) is 1.94. The van der Waals surface area contributed by atoms with Crippen molar-refractivity contribution >= 4 is 5.97 Å². The molecule has 1 aliphatic rings. The molecule has 0 aliphatic heterocycles. The van der Waals surface area contributed by atoms with E-state index < -0.39 is 24.2 Å². The fourth-order valence-corrected chi connectivity index (χ4v) is 1.36. The molecule has 64 valence electrons. The van der Waals surface area contributed by atoms with Crippen molar-refractivity contribution in [2.75, 3.05) is 0 Å². The molecule has 11 heavy (non-hydrogen) atoms. The van der Waals surface area contributed by atoms with Gasteiger partial charge in [-0.05, 0) is 19.3 Å². The van der Waals surface area contributed by atoms with Crippen molar-refractivity contribution in [3.8, 4) is 0 Å². The molecule has 0 heterocycles. The van der Waals surface area contributed by atoms with E-state index in [1.54, 1.807) is 0 Å². The Bertz CT molecular complexity index is 161. The molecule has 0 aromatic rings. The highest BCUT2D eigenvalue weighted by atomic mass is 19.2. The van der Waals surface area contributed by atoms with Crippen molar-refractivity contribution in [1.29, 1.82) is 0 Å². The second-order valence-electron chi connectivity index (χ2n) is 2.84. The summed E-state index contributed by atoms with van der Waals surface area (Å²) in [6.45, 7) is 0. The molecule has 0 bridgehead atoms. The van der Waals surface area contributed by atoms with Crippen LogP contribution in [0.15, 0.2) is 0 Å². The van der Waals surface area contributed by atoms with Crippen LogP contribution >= 0.6 is 0 Å². The van der Waals surface area contributed by atoms with Crippen molar-refractivity contribution < 1.29 is 18.7 Å². The molecule has 4 heteroatoms. The van der Waals surface area contributed by atoms with Gasteiger partial charge in [0.1, 0.15) is 12.3 Å². The van der Waals surface area contributed by atoms with Crippen LogP contribution in [0.5, 0.6) is 0 Å². The van der Waals surface area contributed by atoms with Crippen LogP contribution in [-0.2, 0) is 4.79 Å². The predicted octanol–water partition coefficient (Wildman–Crippen LogP) is 1.55. The van der Waals surface area contributed by atoms with Gasteiger partial charge in [-0.3, -0.25) is 4.79 Å². The van der Waals surface area contributed by atoms with Crippen molar-refractivity contribution in [2.45, 2.75) is 31.6 Å². The molecular formula is C7H10F2O2. The Balaban J connectivity index is 2.58. The molecule has 1 aliphatic carbocycles. The Kier molecular flexibility index (Phi) is 2.42. The Labute approximate surface area is 63.2 Å². The van der Waals surface area contributed by atoms with Gasteiger partial charge in [0, 0.05) is 0 Å². The number of alkyl halides is 2. The van der Waals surface area contributed by atoms with Gasteiger partial charge in [-0.25, -0.2) is 8.78 Å². The monoisotopic (exact) mass is 164 g/mol. The summed E-state index contributed by atoms with van der Waals surface area (Å²) >= 11 is 0. The lowest BCUT2D eigenvalue weighted by atomic mass is 9.86. The van der Waals surface area contributed by atoms with Crippen LogP contribution in [0.2, 0.25) is 0 Å². The Morgan fingerprint density at radius 3 is 2.45 bits per heavy atom. The predicted molar refractivity (Wildman–Crippen MR) is 34.8 cm³/mol. The Morgan fingerprint density at radius 2 is 2.00 bits per heavy atom. The third-order valence-electron chi connectivity index (χ3n) is 2.04. The SMILES string of the molecule is O=C(O)C1CCCC(F)C1F. The standard InChI is InChI=1S/C7H10F2O2/c8-5-3-1-2-4(6(5)9)7(10)11/h4-6H,1-3H2,(H,10,11). The molecule has 3 unspecified atom stereocenters. The molecule has 1 saturated carbocycles. The van der Waals surface area contributed by atoms with Crippen LogP contribution in [0.25, 0.3) is 0 Å². The first kappa shape index (κ1) is 8.43. The average molecular weight is 164 g/mol. The summed E-state index contributed by atoms with van der Waals surface area (Å²) in [7, 11) is 0. The minimum Gasteiger partial charge on any atom is -0.481 e. The van der Waals surface area contributed by atoms with Crippen LogP contribution in [0.1, 0.15) is 19.3 Å². The van der Waals surface area contributed by atoms with Gasteiger partial charge in [0.2, 0.25) is 0 Å². The summed E-state index contributed by atoms with van der Waals surface area (Å²) < 4.78 is 25.3. The second kappa shape index (κ2) is 3.15. The van der Waals surface area contributed by atoms with Gasteiger partial charge >= 0.3 is 5.97 Å². The number of aliphatic carboxylic acids is 1. The molecule has 0 amide bonds. The van der Waals surface area contributed by atoms with Crippen LogP contribution in [0, 0.1) is 5.92 Å². The van der Waals surface area contributed by atoms with E-state index in [1.807, 2.05) is 0 Å². The van der Waals surface area contributed by atoms with Crippen molar-refractivity contribution in [3.63, 3.8) is 0 Å². The number of carbonyl (C=O) groups is 1. The fourth-order valence-electron chi connectivity index (χ4n) is 1.36. The fraction of sp³-hybridized carbons (Fsp3) is 0.857. The molecule has 3 atom stereocenters. The summed E-state index contributed by atoms with van der Waals surface area (Å²) in [6.07, 6.45) is -2.49. The van der Waals surface area contributed by atoms with E-state index in [0.29, 0.717) is 6.42 Å². The highest BCUT2D eigenvalue weighted by molar-refractivity contribution is 5.70. The Morgan fingerprint density at radius 1 is 1.36 bits per heavy atom. The number of hydrogen-bond acceptors (Lipinski definition) is 1. The molecule has 1 fully saturated rings. The van der Waals surface area contributed by atoms with Crippen LogP contribution in [0.3, 0.4) is 0 Å². The summed E-state index contributed by atoms with van der Waals surface area (Å²) in [5.74, 6) is -2.35. The summed E-state index contributed by atoms with van der Waals surface area (Å²) in [5, 5.41) is 8.42. The first-order chi connectivity index (χ1) is 5.13. The zero-order valence-electron chi connectivity index (χ0n) is 5.96. The maximum absolute atomic E-state index is 12.7. The van der Waals surface area contributed by atoms with E-state index in [4.69, 9.17) is 5.11 Å². The third kappa shape index (κ3) is 1.67. The van der Waals surface area contributed by atoms with Crippen LogP contribution in [-0.4, -0.2) is 23.4 Å². The Hall–Kier alpha value is -0.670.